The number of ether oxygens (including phenoxy) is 1. The van der Waals surface area contributed by atoms with Gasteiger partial charge in [0.1, 0.15) is 12.2 Å². The maximum atomic E-state index is 13.3. The Morgan fingerprint density at radius 1 is 1.09 bits per heavy atom. The Balaban J connectivity index is 1.54. The van der Waals surface area contributed by atoms with E-state index in [0.717, 1.165) is 46.2 Å². The fourth-order valence-electron chi connectivity index (χ4n) is 4.01. The summed E-state index contributed by atoms with van der Waals surface area (Å²) in [5.41, 5.74) is 3.26. The van der Waals surface area contributed by atoms with Gasteiger partial charge in [-0.3, -0.25) is 9.59 Å². The quantitative estimate of drug-likeness (QED) is 0.459. The van der Waals surface area contributed by atoms with Gasteiger partial charge in [0.25, 0.3) is 5.56 Å². The number of para-hydroxylation sites is 1. The average molecular weight is 476 g/mol. The molecule has 1 saturated heterocycles. The van der Waals surface area contributed by atoms with Gasteiger partial charge in [0.2, 0.25) is 5.91 Å². The van der Waals surface area contributed by atoms with Crippen molar-refractivity contribution in [3.05, 3.63) is 70.5 Å². The van der Waals surface area contributed by atoms with Crippen molar-refractivity contribution in [2.75, 3.05) is 36.5 Å². The van der Waals surface area contributed by atoms with Crippen molar-refractivity contribution in [1.82, 2.24) is 14.8 Å². The molecule has 1 aliphatic heterocycles. The number of carbonyl (C=O) groups is 1. The van der Waals surface area contributed by atoms with E-state index in [0.29, 0.717) is 24.4 Å². The SMILES string of the molecule is CCc1ccccc1NC(=O)Cn1nc(-c2ccccc2)c2sc(N3CCOCC3)nc2c1=O. The summed E-state index contributed by atoms with van der Waals surface area (Å²) in [6, 6.07) is 17.3. The summed E-state index contributed by atoms with van der Waals surface area (Å²) >= 11 is 1.46. The van der Waals surface area contributed by atoms with Crippen molar-refractivity contribution in [3.8, 4) is 11.3 Å². The molecule has 4 aromatic rings. The molecule has 1 N–H and O–H groups in total. The highest BCUT2D eigenvalue weighted by molar-refractivity contribution is 7.22. The molecular formula is C25H25N5O3S. The topological polar surface area (TPSA) is 89.3 Å². The predicted molar refractivity (Wildman–Crippen MR) is 135 cm³/mol. The van der Waals surface area contributed by atoms with Crippen molar-refractivity contribution in [2.24, 2.45) is 0 Å². The van der Waals surface area contributed by atoms with Gasteiger partial charge in [-0.2, -0.15) is 5.10 Å². The van der Waals surface area contributed by atoms with Gasteiger partial charge >= 0.3 is 0 Å². The standard InChI is InChI=1S/C25H25N5O3S/c1-2-17-8-6-7-11-19(17)26-20(31)16-30-24(32)22-23(21(28-30)18-9-4-3-5-10-18)34-25(27-22)29-12-14-33-15-13-29/h3-11H,2,12-16H2,1H3,(H,26,31). The fourth-order valence-corrected chi connectivity index (χ4v) is 5.12. The Hall–Kier alpha value is -3.56. The van der Waals surface area contributed by atoms with Crippen LogP contribution in [0.15, 0.2) is 59.4 Å². The number of hydrogen-bond acceptors (Lipinski definition) is 7. The number of morpholine rings is 1. The molecule has 0 saturated carbocycles. The van der Waals surface area contributed by atoms with Gasteiger partial charge in [0.05, 0.1) is 17.9 Å². The summed E-state index contributed by atoms with van der Waals surface area (Å²) in [5, 5.41) is 8.32. The number of carbonyl (C=O) groups excluding carboxylic acids is 1. The van der Waals surface area contributed by atoms with Crippen LogP contribution < -0.4 is 15.8 Å². The Labute approximate surface area is 200 Å². The molecule has 3 heterocycles. The number of anilines is 2. The van der Waals surface area contributed by atoms with Crippen LogP contribution in [0.1, 0.15) is 12.5 Å². The minimum Gasteiger partial charge on any atom is -0.378 e. The summed E-state index contributed by atoms with van der Waals surface area (Å²) in [7, 11) is 0. The van der Waals surface area contributed by atoms with Gasteiger partial charge in [0.15, 0.2) is 10.6 Å². The molecule has 1 fully saturated rings. The zero-order valence-electron chi connectivity index (χ0n) is 18.9. The summed E-state index contributed by atoms with van der Waals surface area (Å²) in [4.78, 5) is 33.0. The highest BCUT2D eigenvalue weighted by atomic mass is 32.1. The van der Waals surface area contributed by atoms with E-state index in [1.165, 1.54) is 16.0 Å². The van der Waals surface area contributed by atoms with Crippen molar-refractivity contribution in [1.29, 1.82) is 0 Å². The van der Waals surface area contributed by atoms with Crippen LogP contribution in [0.25, 0.3) is 21.5 Å². The summed E-state index contributed by atoms with van der Waals surface area (Å²) in [6.07, 6.45) is 0.794. The lowest BCUT2D eigenvalue weighted by atomic mass is 10.1. The normalized spacial score (nSPS) is 13.9. The van der Waals surface area contributed by atoms with Crippen LogP contribution in [0.4, 0.5) is 10.8 Å². The molecule has 9 heteroatoms. The zero-order valence-corrected chi connectivity index (χ0v) is 19.7. The molecule has 2 aromatic carbocycles. The van der Waals surface area contributed by atoms with E-state index in [-0.39, 0.29) is 18.0 Å². The fraction of sp³-hybridized carbons (Fsp3) is 0.280. The van der Waals surface area contributed by atoms with Crippen molar-refractivity contribution in [2.45, 2.75) is 19.9 Å². The molecule has 174 valence electrons. The first-order valence-electron chi connectivity index (χ1n) is 11.3. The average Bonchev–Trinajstić information content (AvgIpc) is 3.33. The summed E-state index contributed by atoms with van der Waals surface area (Å²) in [6.45, 7) is 4.54. The number of benzene rings is 2. The van der Waals surface area contributed by atoms with Gasteiger partial charge in [-0.1, -0.05) is 66.8 Å². The molecule has 5 rings (SSSR count). The van der Waals surface area contributed by atoms with Gasteiger partial charge in [-0.05, 0) is 18.1 Å². The van der Waals surface area contributed by atoms with Gasteiger partial charge in [-0.15, -0.1) is 0 Å². The van der Waals surface area contributed by atoms with E-state index in [1.54, 1.807) is 0 Å². The smallest absolute Gasteiger partial charge is 0.294 e. The van der Waals surface area contributed by atoms with Crippen LogP contribution in [-0.4, -0.2) is 47.0 Å². The summed E-state index contributed by atoms with van der Waals surface area (Å²) < 4.78 is 7.40. The first-order valence-corrected chi connectivity index (χ1v) is 12.1. The highest BCUT2D eigenvalue weighted by Crippen LogP contribution is 2.34. The van der Waals surface area contributed by atoms with E-state index in [4.69, 9.17) is 4.74 Å². The Bertz CT molecular complexity index is 1380. The van der Waals surface area contributed by atoms with Crippen LogP contribution in [0.5, 0.6) is 0 Å². The first-order chi connectivity index (χ1) is 16.6. The van der Waals surface area contributed by atoms with E-state index >= 15 is 0 Å². The second-order valence-electron chi connectivity index (χ2n) is 8.01. The molecular weight excluding hydrogens is 450 g/mol. The molecule has 0 bridgehead atoms. The zero-order chi connectivity index (χ0) is 23.5. The molecule has 0 spiro atoms. The third kappa shape index (κ3) is 4.44. The lowest BCUT2D eigenvalue weighted by Crippen LogP contribution is -2.36. The van der Waals surface area contributed by atoms with Gasteiger partial charge < -0.3 is 15.0 Å². The minimum atomic E-state index is -0.371. The predicted octanol–water partition coefficient (Wildman–Crippen LogP) is 3.56. The van der Waals surface area contributed by atoms with Crippen LogP contribution >= 0.6 is 11.3 Å². The van der Waals surface area contributed by atoms with Crippen LogP contribution in [0, 0.1) is 0 Å². The van der Waals surface area contributed by atoms with Gasteiger partial charge in [-0.25, -0.2) is 9.67 Å². The molecule has 1 aliphatic rings. The van der Waals surface area contributed by atoms with Crippen LogP contribution in [0.3, 0.4) is 0 Å². The summed E-state index contributed by atoms with van der Waals surface area (Å²) in [5.74, 6) is -0.308. The lowest BCUT2D eigenvalue weighted by Gasteiger charge is -2.25. The Morgan fingerprint density at radius 2 is 1.82 bits per heavy atom. The monoisotopic (exact) mass is 475 g/mol. The molecule has 34 heavy (non-hydrogen) atoms. The maximum absolute atomic E-state index is 13.3. The maximum Gasteiger partial charge on any atom is 0.294 e. The molecule has 1 amide bonds. The number of aryl methyl sites for hydroxylation is 1. The number of fused-ring (bicyclic) bond motifs is 1. The third-order valence-electron chi connectivity index (χ3n) is 5.78. The molecule has 0 unspecified atom stereocenters. The number of thiazole rings is 1. The number of hydrogen-bond donors (Lipinski definition) is 1. The van der Waals surface area contributed by atoms with Crippen LogP contribution in [0.2, 0.25) is 0 Å². The van der Waals surface area contributed by atoms with E-state index in [9.17, 15) is 9.59 Å². The van der Waals surface area contributed by atoms with Crippen molar-refractivity contribution in [3.63, 3.8) is 0 Å². The Kier molecular flexibility index (Phi) is 6.37. The molecule has 8 nitrogen and oxygen atoms in total. The number of nitrogens with zero attached hydrogens (tertiary/aromatic N) is 4. The third-order valence-corrected chi connectivity index (χ3v) is 6.91. The van der Waals surface area contributed by atoms with E-state index in [2.05, 4.69) is 20.3 Å². The van der Waals surface area contributed by atoms with Crippen LogP contribution in [-0.2, 0) is 22.5 Å². The molecule has 2 aromatic heterocycles. The number of amides is 1. The number of nitrogens with one attached hydrogen (secondary N) is 1. The minimum absolute atomic E-state index is 0.197. The van der Waals surface area contributed by atoms with E-state index < -0.39 is 0 Å². The number of rotatable bonds is 6. The van der Waals surface area contributed by atoms with Gasteiger partial charge in [0, 0.05) is 24.3 Å². The molecule has 0 aliphatic carbocycles. The molecule has 0 radical (unpaired) electrons. The lowest BCUT2D eigenvalue weighted by molar-refractivity contribution is -0.117. The van der Waals surface area contributed by atoms with Crippen molar-refractivity contribution < 1.29 is 9.53 Å². The second kappa shape index (κ2) is 9.74. The van der Waals surface area contributed by atoms with Crippen molar-refractivity contribution >= 4 is 38.3 Å². The van der Waals surface area contributed by atoms with E-state index in [1.807, 2.05) is 61.5 Å². The second-order valence-corrected chi connectivity index (χ2v) is 8.99. The largest absolute Gasteiger partial charge is 0.378 e. The highest BCUT2D eigenvalue weighted by Gasteiger charge is 2.22. The first kappa shape index (κ1) is 22.2. The number of aromatic nitrogens is 3. The Morgan fingerprint density at radius 3 is 2.59 bits per heavy atom. The molecule has 0 atom stereocenters.